The molecule has 2 fully saturated rings. The highest BCUT2D eigenvalue weighted by molar-refractivity contribution is 5.68. The molecule has 0 aliphatic carbocycles. The van der Waals surface area contributed by atoms with Crippen molar-refractivity contribution in [2.45, 2.75) is 12.5 Å². The topological polar surface area (TPSA) is 44.8 Å². The smallest absolute Gasteiger partial charge is 0.410 e. The van der Waals surface area contributed by atoms with Gasteiger partial charge in [0.25, 0.3) is 0 Å². The molecule has 1 amide bonds. The average Bonchev–Trinajstić information content (AvgIpc) is 2.71. The number of likely N-dealkylation sites (N-methyl/N-ethyl adjacent to an activating group) is 1. The summed E-state index contributed by atoms with van der Waals surface area (Å²) < 4.78 is 5.39. The number of carbonyl (C=O) groups is 1. The van der Waals surface area contributed by atoms with Crippen LogP contribution in [0.25, 0.3) is 0 Å². The zero-order valence-corrected chi connectivity index (χ0v) is 9.24. The van der Waals surface area contributed by atoms with Gasteiger partial charge in [0, 0.05) is 32.7 Å². The molecule has 2 saturated heterocycles. The zero-order chi connectivity index (χ0) is 10.7. The van der Waals surface area contributed by atoms with Crippen molar-refractivity contribution in [3.05, 3.63) is 0 Å². The van der Waals surface area contributed by atoms with Crippen LogP contribution in [0.1, 0.15) is 6.42 Å². The molecule has 0 bridgehead atoms. The zero-order valence-electron chi connectivity index (χ0n) is 9.24. The standard InChI is InChI=1S/C10H19N3O2/c1-12-4-6-13(7-5-12)10(14)15-9-2-3-11-8-9/h9,11H,2-8H2,1H3/t9-/m1/s1. The molecule has 2 aliphatic heterocycles. The summed E-state index contributed by atoms with van der Waals surface area (Å²) in [6.07, 6.45) is 0.883. The lowest BCUT2D eigenvalue weighted by atomic mass is 10.3. The lowest BCUT2D eigenvalue weighted by Crippen LogP contribution is -2.48. The van der Waals surface area contributed by atoms with E-state index in [0.717, 1.165) is 45.7 Å². The molecule has 0 saturated carbocycles. The van der Waals surface area contributed by atoms with Crippen molar-refractivity contribution in [1.29, 1.82) is 0 Å². The van der Waals surface area contributed by atoms with Gasteiger partial charge in [-0.3, -0.25) is 0 Å². The van der Waals surface area contributed by atoms with Crippen LogP contribution in [0.3, 0.4) is 0 Å². The van der Waals surface area contributed by atoms with Gasteiger partial charge in [-0.15, -0.1) is 0 Å². The monoisotopic (exact) mass is 213 g/mol. The van der Waals surface area contributed by atoms with E-state index in [-0.39, 0.29) is 12.2 Å². The SMILES string of the molecule is CN1CCN(C(=O)O[C@@H]2CCNC2)CC1. The Morgan fingerprint density at radius 2 is 2.07 bits per heavy atom. The van der Waals surface area contributed by atoms with Crippen molar-refractivity contribution in [2.24, 2.45) is 0 Å². The molecule has 0 unspecified atom stereocenters. The molecule has 0 aromatic carbocycles. The van der Waals surface area contributed by atoms with E-state index in [1.54, 1.807) is 4.90 Å². The van der Waals surface area contributed by atoms with E-state index in [4.69, 9.17) is 4.74 Å². The maximum Gasteiger partial charge on any atom is 0.410 e. The minimum absolute atomic E-state index is 0.0807. The maximum absolute atomic E-state index is 11.7. The van der Waals surface area contributed by atoms with Gasteiger partial charge in [-0.2, -0.15) is 0 Å². The number of carbonyl (C=O) groups excluding carboxylic acids is 1. The van der Waals surface area contributed by atoms with Crippen molar-refractivity contribution < 1.29 is 9.53 Å². The fourth-order valence-corrected chi connectivity index (χ4v) is 1.93. The van der Waals surface area contributed by atoms with E-state index in [1.807, 2.05) is 0 Å². The maximum atomic E-state index is 11.7. The molecular formula is C10H19N3O2. The lowest BCUT2D eigenvalue weighted by Gasteiger charge is -2.32. The van der Waals surface area contributed by atoms with Crippen LogP contribution in [0.4, 0.5) is 4.79 Å². The molecule has 0 radical (unpaired) electrons. The van der Waals surface area contributed by atoms with Gasteiger partial charge < -0.3 is 19.9 Å². The Bertz CT molecular complexity index is 221. The Labute approximate surface area is 90.4 Å². The van der Waals surface area contributed by atoms with Crippen LogP contribution in [0.15, 0.2) is 0 Å². The largest absolute Gasteiger partial charge is 0.445 e. The molecule has 2 rings (SSSR count). The van der Waals surface area contributed by atoms with Gasteiger partial charge in [-0.1, -0.05) is 0 Å². The summed E-state index contributed by atoms with van der Waals surface area (Å²) in [5, 5.41) is 3.18. The number of rotatable bonds is 1. The van der Waals surface area contributed by atoms with Crippen LogP contribution < -0.4 is 5.32 Å². The highest BCUT2D eigenvalue weighted by Crippen LogP contribution is 2.08. The Kier molecular flexibility index (Phi) is 3.43. The number of hydrogen-bond donors (Lipinski definition) is 1. The molecule has 0 spiro atoms. The second-order valence-electron chi connectivity index (χ2n) is 4.29. The number of piperazine rings is 1. The Balaban J connectivity index is 1.75. The van der Waals surface area contributed by atoms with E-state index in [1.165, 1.54) is 0 Å². The second-order valence-corrected chi connectivity index (χ2v) is 4.29. The van der Waals surface area contributed by atoms with E-state index < -0.39 is 0 Å². The molecule has 5 heteroatoms. The van der Waals surface area contributed by atoms with Gasteiger partial charge in [0.1, 0.15) is 6.10 Å². The third-order valence-electron chi connectivity index (χ3n) is 3.04. The molecule has 1 atom stereocenters. The Hall–Kier alpha value is -0.810. The lowest BCUT2D eigenvalue weighted by molar-refractivity contribution is 0.0559. The summed E-state index contributed by atoms with van der Waals surface area (Å²) in [5.74, 6) is 0. The van der Waals surface area contributed by atoms with Crippen molar-refractivity contribution in [3.8, 4) is 0 Å². The first-order valence-corrected chi connectivity index (χ1v) is 5.60. The molecule has 0 aromatic rings. The predicted octanol–water partition coefficient (Wildman–Crippen LogP) is -0.268. The van der Waals surface area contributed by atoms with Crippen LogP contribution in [-0.4, -0.2) is 68.3 Å². The van der Waals surface area contributed by atoms with Gasteiger partial charge in [0.15, 0.2) is 0 Å². The van der Waals surface area contributed by atoms with Crippen molar-refractivity contribution >= 4 is 6.09 Å². The summed E-state index contributed by atoms with van der Waals surface area (Å²) in [5.41, 5.74) is 0. The molecule has 15 heavy (non-hydrogen) atoms. The van der Waals surface area contributed by atoms with Crippen LogP contribution >= 0.6 is 0 Å². The molecule has 5 nitrogen and oxygen atoms in total. The number of nitrogens with zero attached hydrogens (tertiary/aromatic N) is 2. The number of nitrogens with one attached hydrogen (secondary N) is 1. The van der Waals surface area contributed by atoms with Gasteiger partial charge in [0.05, 0.1) is 0 Å². The van der Waals surface area contributed by atoms with Gasteiger partial charge >= 0.3 is 6.09 Å². The number of hydrogen-bond acceptors (Lipinski definition) is 4. The third-order valence-corrected chi connectivity index (χ3v) is 3.04. The van der Waals surface area contributed by atoms with Crippen molar-refractivity contribution in [3.63, 3.8) is 0 Å². The second kappa shape index (κ2) is 4.81. The molecule has 86 valence electrons. The Morgan fingerprint density at radius 3 is 2.67 bits per heavy atom. The van der Waals surface area contributed by atoms with Crippen molar-refractivity contribution in [2.75, 3.05) is 46.3 Å². The highest BCUT2D eigenvalue weighted by atomic mass is 16.6. The first-order chi connectivity index (χ1) is 7.25. The fourth-order valence-electron chi connectivity index (χ4n) is 1.93. The molecule has 2 aliphatic rings. The summed E-state index contributed by atoms with van der Waals surface area (Å²) in [7, 11) is 2.07. The minimum Gasteiger partial charge on any atom is -0.445 e. The molecule has 2 heterocycles. The van der Waals surface area contributed by atoms with E-state index >= 15 is 0 Å². The van der Waals surface area contributed by atoms with Gasteiger partial charge in [-0.05, 0) is 20.0 Å². The number of amides is 1. The molecular weight excluding hydrogens is 194 g/mol. The van der Waals surface area contributed by atoms with Gasteiger partial charge in [-0.25, -0.2) is 4.79 Å². The number of ether oxygens (including phenoxy) is 1. The van der Waals surface area contributed by atoms with Crippen LogP contribution in [0.2, 0.25) is 0 Å². The summed E-state index contributed by atoms with van der Waals surface area (Å²) >= 11 is 0. The third kappa shape index (κ3) is 2.82. The van der Waals surface area contributed by atoms with Crippen molar-refractivity contribution in [1.82, 2.24) is 15.1 Å². The van der Waals surface area contributed by atoms with E-state index in [9.17, 15) is 4.79 Å². The predicted molar refractivity (Wildman–Crippen MR) is 56.8 cm³/mol. The Morgan fingerprint density at radius 1 is 1.33 bits per heavy atom. The van der Waals surface area contributed by atoms with Crippen LogP contribution in [0.5, 0.6) is 0 Å². The summed E-state index contributed by atoms with van der Waals surface area (Å²) in [6, 6.07) is 0. The first kappa shape index (κ1) is 10.7. The average molecular weight is 213 g/mol. The minimum atomic E-state index is -0.142. The first-order valence-electron chi connectivity index (χ1n) is 5.60. The molecule has 0 aromatic heterocycles. The van der Waals surface area contributed by atoms with E-state index in [0.29, 0.717) is 0 Å². The fraction of sp³-hybridized carbons (Fsp3) is 0.900. The normalized spacial score (nSPS) is 28.1. The summed E-state index contributed by atoms with van der Waals surface area (Å²) in [6.45, 7) is 5.22. The van der Waals surface area contributed by atoms with Crippen LogP contribution in [-0.2, 0) is 4.74 Å². The van der Waals surface area contributed by atoms with Gasteiger partial charge in [0.2, 0.25) is 0 Å². The van der Waals surface area contributed by atoms with E-state index in [2.05, 4.69) is 17.3 Å². The summed E-state index contributed by atoms with van der Waals surface area (Å²) in [4.78, 5) is 15.7. The van der Waals surface area contributed by atoms with Crippen LogP contribution in [0, 0.1) is 0 Å². The molecule has 1 N–H and O–H groups in total. The quantitative estimate of drug-likeness (QED) is 0.651. The highest BCUT2D eigenvalue weighted by Gasteiger charge is 2.24.